The van der Waals surface area contributed by atoms with Gasteiger partial charge in [0.1, 0.15) is 11.8 Å². The Morgan fingerprint density at radius 2 is 1.67 bits per heavy atom. The molecule has 0 amide bonds. The number of phenolic OH excluding ortho intramolecular Hbond substituents is 1. The number of nitriles is 1. The third-order valence-electron chi connectivity index (χ3n) is 3.11. The summed E-state index contributed by atoms with van der Waals surface area (Å²) in [4.78, 5) is 0. The molecular weight excluding hydrogens is 286 g/mol. The average Bonchev–Trinajstić information content (AvgIpc) is 2.49. The Morgan fingerprint density at radius 1 is 0.952 bits per heavy atom. The smallest absolute Gasteiger partial charge is 0.169 e. The van der Waals surface area contributed by atoms with Crippen molar-refractivity contribution in [3.05, 3.63) is 65.2 Å². The van der Waals surface area contributed by atoms with Crippen LogP contribution in [0.1, 0.15) is 5.56 Å². The third-order valence-corrected chi connectivity index (χ3v) is 3.34. The summed E-state index contributed by atoms with van der Waals surface area (Å²) in [7, 11) is 0. The highest BCUT2D eigenvalue weighted by atomic mass is 35.5. The molecule has 0 fully saturated rings. The van der Waals surface area contributed by atoms with Gasteiger partial charge in [-0.15, -0.1) is 0 Å². The maximum absolute atomic E-state index is 10.1. The first-order valence-electron chi connectivity index (χ1n) is 6.26. The predicted octanol–water partition coefficient (Wildman–Crippen LogP) is 4.86. The van der Waals surface area contributed by atoms with Gasteiger partial charge < -0.3 is 9.84 Å². The van der Waals surface area contributed by atoms with E-state index in [4.69, 9.17) is 21.6 Å². The summed E-state index contributed by atoms with van der Waals surface area (Å²) in [6, 6.07) is 17.8. The van der Waals surface area contributed by atoms with Gasteiger partial charge in [-0.25, -0.2) is 0 Å². The van der Waals surface area contributed by atoms with E-state index in [0.29, 0.717) is 22.1 Å². The minimum absolute atomic E-state index is 0.0209. The maximum atomic E-state index is 10.1. The van der Waals surface area contributed by atoms with Gasteiger partial charge in [0.25, 0.3) is 0 Å². The highest BCUT2D eigenvalue weighted by molar-refractivity contribution is 6.30. The average molecular weight is 296 g/mol. The molecule has 1 N–H and O–H groups in total. The maximum Gasteiger partial charge on any atom is 0.169 e. The number of halogens is 1. The van der Waals surface area contributed by atoms with Crippen molar-refractivity contribution in [2.45, 2.75) is 0 Å². The van der Waals surface area contributed by atoms with E-state index < -0.39 is 0 Å². The van der Waals surface area contributed by atoms with Gasteiger partial charge in [-0.05, 0) is 41.1 Å². The number of ether oxygens (including phenoxy) is 1. The van der Waals surface area contributed by atoms with Crippen molar-refractivity contribution in [2.75, 3.05) is 0 Å². The van der Waals surface area contributed by atoms with Crippen LogP contribution in [0.25, 0.3) is 10.8 Å². The summed E-state index contributed by atoms with van der Waals surface area (Å²) in [6.45, 7) is 0. The standard InChI is InChI=1S/C17H10ClNO2/c18-14-5-6-16(13(7-14)10-19)21-17-9-12-4-2-1-3-11(12)8-15(17)20/h1-9,20H. The molecule has 21 heavy (non-hydrogen) atoms. The lowest BCUT2D eigenvalue weighted by molar-refractivity contribution is 0.412. The molecule has 0 bridgehead atoms. The van der Waals surface area contributed by atoms with E-state index in [0.717, 1.165) is 10.8 Å². The largest absolute Gasteiger partial charge is 0.504 e. The van der Waals surface area contributed by atoms with Gasteiger partial charge in [-0.1, -0.05) is 35.9 Å². The van der Waals surface area contributed by atoms with Crippen LogP contribution >= 0.6 is 11.6 Å². The van der Waals surface area contributed by atoms with Gasteiger partial charge in [-0.3, -0.25) is 0 Å². The highest BCUT2D eigenvalue weighted by Gasteiger charge is 2.10. The third kappa shape index (κ3) is 2.62. The SMILES string of the molecule is N#Cc1cc(Cl)ccc1Oc1cc2ccccc2cc1O. The van der Waals surface area contributed by atoms with Crippen molar-refractivity contribution in [3.63, 3.8) is 0 Å². The number of nitrogens with zero attached hydrogens (tertiary/aromatic N) is 1. The summed E-state index contributed by atoms with van der Waals surface area (Å²) < 4.78 is 5.66. The van der Waals surface area contributed by atoms with E-state index in [2.05, 4.69) is 0 Å². The Balaban J connectivity index is 2.06. The molecule has 0 unspecified atom stereocenters. The fraction of sp³-hybridized carbons (Fsp3) is 0. The van der Waals surface area contributed by atoms with Crippen LogP contribution in [0.2, 0.25) is 5.02 Å². The number of rotatable bonds is 2. The van der Waals surface area contributed by atoms with Gasteiger partial charge in [-0.2, -0.15) is 5.26 Å². The van der Waals surface area contributed by atoms with Crippen LogP contribution in [0, 0.1) is 11.3 Å². The molecule has 0 aromatic heterocycles. The van der Waals surface area contributed by atoms with Crippen molar-refractivity contribution in [1.29, 1.82) is 5.26 Å². The molecule has 0 atom stereocenters. The van der Waals surface area contributed by atoms with Gasteiger partial charge in [0.05, 0.1) is 5.56 Å². The summed E-state index contributed by atoms with van der Waals surface area (Å²) in [5.41, 5.74) is 0.315. The molecule has 3 aromatic rings. The summed E-state index contributed by atoms with van der Waals surface area (Å²) in [6.07, 6.45) is 0. The molecule has 4 heteroatoms. The van der Waals surface area contributed by atoms with Crippen molar-refractivity contribution >= 4 is 22.4 Å². The number of phenols is 1. The fourth-order valence-corrected chi connectivity index (χ4v) is 2.26. The molecule has 0 aliphatic heterocycles. The van der Waals surface area contributed by atoms with Crippen LogP contribution in [0.4, 0.5) is 0 Å². The normalized spacial score (nSPS) is 10.3. The van der Waals surface area contributed by atoms with Crippen LogP contribution in [0.3, 0.4) is 0 Å². The molecule has 3 rings (SSSR count). The Bertz CT molecular complexity index is 868. The molecule has 0 heterocycles. The molecule has 102 valence electrons. The topological polar surface area (TPSA) is 53.2 Å². The zero-order valence-corrected chi connectivity index (χ0v) is 11.6. The van der Waals surface area contributed by atoms with Crippen LogP contribution < -0.4 is 4.74 Å². The zero-order chi connectivity index (χ0) is 14.8. The lowest BCUT2D eigenvalue weighted by atomic mass is 10.1. The van der Waals surface area contributed by atoms with E-state index >= 15 is 0 Å². The Morgan fingerprint density at radius 3 is 2.38 bits per heavy atom. The van der Waals surface area contributed by atoms with E-state index in [1.165, 1.54) is 6.07 Å². The van der Waals surface area contributed by atoms with Crippen LogP contribution in [-0.2, 0) is 0 Å². The fourth-order valence-electron chi connectivity index (χ4n) is 2.09. The quantitative estimate of drug-likeness (QED) is 0.734. The molecule has 3 aromatic carbocycles. The molecule has 0 aliphatic rings. The van der Waals surface area contributed by atoms with Gasteiger partial charge in [0.2, 0.25) is 0 Å². The minimum atomic E-state index is 0.0209. The van der Waals surface area contributed by atoms with Crippen molar-refractivity contribution < 1.29 is 9.84 Å². The molecule has 0 saturated carbocycles. The second kappa shape index (κ2) is 5.35. The highest BCUT2D eigenvalue weighted by Crippen LogP contribution is 2.36. The Labute approximate surface area is 126 Å². The number of hydrogen-bond acceptors (Lipinski definition) is 3. The lowest BCUT2D eigenvalue weighted by Crippen LogP contribution is -1.89. The monoisotopic (exact) mass is 295 g/mol. The van der Waals surface area contributed by atoms with Crippen LogP contribution in [0.5, 0.6) is 17.2 Å². The predicted molar refractivity (Wildman–Crippen MR) is 81.9 cm³/mol. The second-order valence-corrected chi connectivity index (χ2v) is 4.96. The van der Waals surface area contributed by atoms with Crippen LogP contribution in [-0.4, -0.2) is 5.11 Å². The van der Waals surface area contributed by atoms with Gasteiger partial charge >= 0.3 is 0 Å². The summed E-state index contributed by atoms with van der Waals surface area (Å²) >= 11 is 5.85. The van der Waals surface area contributed by atoms with Crippen molar-refractivity contribution in [2.24, 2.45) is 0 Å². The molecular formula is C17H10ClNO2. The minimum Gasteiger partial charge on any atom is -0.504 e. The number of aromatic hydroxyl groups is 1. The Kier molecular flexibility index (Phi) is 3.39. The second-order valence-electron chi connectivity index (χ2n) is 4.52. The van der Waals surface area contributed by atoms with Crippen molar-refractivity contribution in [1.82, 2.24) is 0 Å². The first-order valence-corrected chi connectivity index (χ1v) is 6.64. The summed E-state index contributed by atoms with van der Waals surface area (Å²) in [5.74, 6) is 0.674. The van der Waals surface area contributed by atoms with E-state index in [9.17, 15) is 5.11 Å². The van der Waals surface area contributed by atoms with E-state index in [1.54, 1.807) is 24.3 Å². The molecule has 3 nitrogen and oxygen atoms in total. The Hall–Kier alpha value is -2.70. The zero-order valence-electron chi connectivity index (χ0n) is 10.9. The first-order chi connectivity index (χ1) is 10.2. The lowest BCUT2D eigenvalue weighted by Gasteiger charge is -2.10. The van der Waals surface area contributed by atoms with Gasteiger partial charge in [0, 0.05) is 5.02 Å². The molecule has 0 aliphatic carbocycles. The first kappa shape index (κ1) is 13.3. The molecule has 0 saturated heterocycles. The molecule has 0 radical (unpaired) electrons. The van der Waals surface area contributed by atoms with E-state index in [-0.39, 0.29) is 5.75 Å². The summed E-state index contributed by atoms with van der Waals surface area (Å²) in [5, 5.41) is 21.5. The van der Waals surface area contributed by atoms with E-state index in [1.807, 2.05) is 30.3 Å². The number of hydrogen-bond donors (Lipinski definition) is 1. The number of fused-ring (bicyclic) bond motifs is 1. The van der Waals surface area contributed by atoms with Crippen LogP contribution in [0.15, 0.2) is 54.6 Å². The number of benzene rings is 3. The molecule has 0 spiro atoms. The van der Waals surface area contributed by atoms with Gasteiger partial charge in [0.15, 0.2) is 11.5 Å². The van der Waals surface area contributed by atoms with Crippen molar-refractivity contribution in [3.8, 4) is 23.3 Å².